The number of ketones is 1. The van der Waals surface area contributed by atoms with Crippen LogP contribution in [0.25, 0.3) is 11.0 Å². The summed E-state index contributed by atoms with van der Waals surface area (Å²) in [4.78, 5) is 12.4. The summed E-state index contributed by atoms with van der Waals surface area (Å²) >= 11 is 0. The average Bonchev–Trinajstić information content (AvgIpc) is 2.89. The van der Waals surface area contributed by atoms with Crippen LogP contribution in [0.15, 0.2) is 52.9 Å². The van der Waals surface area contributed by atoms with Crippen LogP contribution in [0.2, 0.25) is 0 Å². The molecular weight excluding hydrogens is 252 g/mol. The summed E-state index contributed by atoms with van der Waals surface area (Å²) in [6.07, 6.45) is 0. The van der Waals surface area contributed by atoms with Gasteiger partial charge in [-0.2, -0.15) is 0 Å². The first-order chi connectivity index (χ1) is 9.67. The molecule has 3 nitrogen and oxygen atoms in total. The summed E-state index contributed by atoms with van der Waals surface area (Å²) in [7, 11) is 1.60. The molecule has 0 saturated carbocycles. The number of rotatable bonds is 3. The van der Waals surface area contributed by atoms with Crippen LogP contribution in [0.5, 0.6) is 5.75 Å². The zero-order valence-electron chi connectivity index (χ0n) is 11.3. The molecule has 0 aliphatic rings. The third kappa shape index (κ3) is 2.18. The SMILES string of the molecule is COc1ccc(C(=O)c2cc3cc(C)ccc3o2)cc1. The minimum atomic E-state index is -0.124. The van der Waals surface area contributed by atoms with Gasteiger partial charge in [-0.1, -0.05) is 11.6 Å². The summed E-state index contributed by atoms with van der Waals surface area (Å²) in [5, 5.41) is 0.946. The summed E-state index contributed by atoms with van der Waals surface area (Å²) in [5.41, 5.74) is 2.45. The third-order valence-corrected chi connectivity index (χ3v) is 3.25. The number of methoxy groups -OCH3 is 1. The highest BCUT2D eigenvalue weighted by Gasteiger charge is 2.14. The molecule has 0 aliphatic carbocycles. The largest absolute Gasteiger partial charge is 0.497 e. The standard InChI is InChI=1S/C17H14O3/c1-11-3-8-15-13(9-11)10-16(20-15)17(18)12-4-6-14(19-2)7-5-12/h3-10H,1-2H3. The minimum absolute atomic E-state index is 0.124. The van der Waals surface area contributed by atoms with Crippen molar-refractivity contribution in [3.63, 3.8) is 0 Å². The van der Waals surface area contributed by atoms with Crippen LogP contribution in [0.3, 0.4) is 0 Å². The highest BCUT2D eigenvalue weighted by molar-refractivity contribution is 6.09. The Hall–Kier alpha value is -2.55. The van der Waals surface area contributed by atoms with Gasteiger partial charge in [0, 0.05) is 10.9 Å². The van der Waals surface area contributed by atoms with Gasteiger partial charge in [0.2, 0.25) is 5.78 Å². The first-order valence-electron chi connectivity index (χ1n) is 6.36. The smallest absolute Gasteiger partial charge is 0.228 e. The molecule has 1 heterocycles. The van der Waals surface area contributed by atoms with Crippen molar-refractivity contribution in [2.45, 2.75) is 6.92 Å². The second kappa shape index (κ2) is 4.85. The Morgan fingerprint density at radius 2 is 1.80 bits per heavy atom. The lowest BCUT2D eigenvalue weighted by Gasteiger charge is -2.00. The van der Waals surface area contributed by atoms with Crippen LogP contribution >= 0.6 is 0 Å². The van der Waals surface area contributed by atoms with Crippen molar-refractivity contribution in [1.82, 2.24) is 0 Å². The zero-order chi connectivity index (χ0) is 14.1. The van der Waals surface area contributed by atoms with E-state index in [-0.39, 0.29) is 5.78 Å². The predicted octanol–water partition coefficient (Wildman–Crippen LogP) is 3.98. The molecule has 2 aromatic carbocycles. The predicted molar refractivity (Wildman–Crippen MR) is 77.4 cm³/mol. The van der Waals surface area contributed by atoms with Crippen LogP contribution in [0, 0.1) is 6.92 Å². The van der Waals surface area contributed by atoms with Crippen molar-refractivity contribution < 1.29 is 13.9 Å². The van der Waals surface area contributed by atoms with Crippen molar-refractivity contribution in [3.05, 3.63) is 65.4 Å². The molecule has 0 atom stereocenters. The van der Waals surface area contributed by atoms with Crippen molar-refractivity contribution in [3.8, 4) is 5.75 Å². The molecule has 0 saturated heterocycles. The number of hydrogen-bond acceptors (Lipinski definition) is 3. The van der Waals surface area contributed by atoms with Crippen molar-refractivity contribution in [2.75, 3.05) is 7.11 Å². The van der Waals surface area contributed by atoms with Gasteiger partial charge in [0.15, 0.2) is 5.76 Å². The fourth-order valence-electron chi connectivity index (χ4n) is 2.16. The molecule has 3 aromatic rings. The molecule has 0 amide bonds. The molecule has 3 rings (SSSR count). The van der Waals surface area contributed by atoms with E-state index in [1.807, 2.05) is 25.1 Å². The lowest BCUT2D eigenvalue weighted by Crippen LogP contribution is -1.99. The van der Waals surface area contributed by atoms with Crippen LogP contribution in [-0.4, -0.2) is 12.9 Å². The Balaban J connectivity index is 1.98. The van der Waals surface area contributed by atoms with E-state index in [0.717, 1.165) is 22.3 Å². The van der Waals surface area contributed by atoms with Gasteiger partial charge in [0.05, 0.1) is 7.11 Å². The number of carbonyl (C=O) groups is 1. The van der Waals surface area contributed by atoms with Crippen LogP contribution in [0.1, 0.15) is 21.7 Å². The van der Waals surface area contributed by atoms with E-state index in [1.165, 1.54) is 0 Å². The van der Waals surface area contributed by atoms with Crippen LogP contribution in [0.4, 0.5) is 0 Å². The molecule has 3 heteroatoms. The van der Waals surface area contributed by atoms with E-state index >= 15 is 0 Å². The molecule has 0 N–H and O–H groups in total. The second-order valence-electron chi connectivity index (χ2n) is 4.71. The molecule has 0 radical (unpaired) electrons. The summed E-state index contributed by atoms with van der Waals surface area (Å²) in [5.74, 6) is 0.957. The van der Waals surface area contributed by atoms with Gasteiger partial charge in [-0.3, -0.25) is 4.79 Å². The fraction of sp³-hybridized carbons (Fsp3) is 0.118. The molecular formula is C17H14O3. The summed E-state index contributed by atoms with van der Waals surface area (Å²) < 4.78 is 10.7. The number of carbonyl (C=O) groups excluding carboxylic acids is 1. The van der Waals surface area contributed by atoms with Crippen molar-refractivity contribution >= 4 is 16.8 Å². The van der Waals surface area contributed by atoms with Gasteiger partial charge in [-0.25, -0.2) is 0 Å². The summed E-state index contributed by atoms with van der Waals surface area (Å²) in [6.45, 7) is 2.01. The highest BCUT2D eigenvalue weighted by atomic mass is 16.5. The van der Waals surface area contributed by atoms with E-state index in [1.54, 1.807) is 37.4 Å². The molecule has 0 aliphatic heterocycles. The second-order valence-corrected chi connectivity index (χ2v) is 4.71. The maximum Gasteiger partial charge on any atom is 0.228 e. The Bertz CT molecular complexity index is 767. The van der Waals surface area contributed by atoms with Crippen molar-refractivity contribution in [1.29, 1.82) is 0 Å². The van der Waals surface area contributed by atoms with Gasteiger partial charge in [-0.15, -0.1) is 0 Å². The maximum absolute atomic E-state index is 12.4. The van der Waals surface area contributed by atoms with Gasteiger partial charge in [-0.05, 0) is 49.4 Å². The average molecular weight is 266 g/mol. The fourth-order valence-corrected chi connectivity index (χ4v) is 2.16. The van der Waals surface area contributed by atoms with E-state index < -0.39 is 0 Å². The Morgan fingerprint density at radius 3 is 2.50 bits per heavy atom. The number of furan rings is 1. The number of ether oxygens (including phenoxy) is 1. The molecule has 0 unspecified atom stereocenters. The topological polar surface area (TPSA) is 39.4 Å². The molecule has 100 valence electrons. The van der Waals surface area contributed by atoms with E-state index in [9.17, 15) is 4.79 Å². The molecule has 0 fully saturated rings. The van der Waals surface area contributed by atoms with Crippen molar-refractivity contribution in [2.24, 2.45) is 0 Å². The summed E-state index contributed by atoms with van der Waals surface area (Å²) in [6, 6.07) is 14.6. The van der Waals surface area contributed by atoms with Gasteiger partial charge in [0.1, 0.15) is 11.3 Å². The number of hydrogen-bond donors (Lipinski definition) is 0. The Labute approximate surface area is 116 Å². The molecule has 20 heavy (non-hydrogen) atoms. The molecule has 0 bridgehead atoms. The van der Waals surface area contributed by atoms with Gasteiger partial charge in [0.25, 0.3) is 0 Å². The number of aryl methyl sites for hydroxylation is 1. The first kappa shape index (κ1) is 12.5. The highest BCUT2D eigenvalue weighted by Crippen LogP contribution is 2.23. The third-order valence-electron chi connectivity index (χ3n) is 3.25. The number of fused-ring (bicyclic) bond motifs is 1. The maximum atomic E-state index is 12.4. The van der Waals surface area contributed by atoms with E-state index in [0.29, 0.717) is 11.3 Å². The van der Waals surface area contributed by atoms with Gasteiger partial charge >= 0.3 is 0 Å². The van der Waals surface area contributed by atoms with E-state index in [2.05, 4.69) is 0 Å². The van der Waals surface area contributed by atoms with E-state index in [4.69, 9.17) is 9.15 Å². The van der Waals surface area contributed by atoms with Crippen LogP contribution in [-0.2, 0) is 0 Å². The number of benzene rings is 2. The normalized spacial score (nSPS) is 10.7. The first-order valence-corrected chi connectivity index (χ1v) is 6.36. The van der Waals surface area contributed by atoms with Gasteiger partial charge < -0.3 is 9.15 Å². The molecule has 1 aromatic heterocycles. The minimum Gasteiger partial charge on any atom is -0.497 e. The Morgan fingerprint density at radius 1 is 1.05 bits per heavy atom. The Kier molecular flexibility index (Phi) is 3.03. The van der Waals surface area contributed by atoms with Crippen LogP contribution < -0.4 is 4.74 Å². The lowest BCUT2D eigenvalue weighted by atomic mass is 10.1. The molecule has 0 spiro atoms. The lowest BCUT2D eigenvalue weighted by molar-refractivity contribution is 0.101. The quantitative estimate of drug-likeness (QED) is 0.673. The zero-order valence-corrected chi connectivity index (χ0v) is 11.3. The monoisotopic (exact) mass is 266 g/mol.